The van der Waals surface area contributed by atoms with Crippen molar-refractivity contribution in [1.82, 2.24) is 10.3 Å². The van der Waals surface area contributed by atoms with Gasteiger partial charge in [-0.05, 0) is 55.5 Å². The van der Waals surface area contributed by atoms with Gasteiger partial charge in [0.2, 0.25) is 5.91 Å². The molecule has 0 aliphatic heterocycles. The second kappa shape index (κ2) is 6.54. The third-order valence-electron chi connectivity index (χ3n) is 3.22. The smallest absolute Gasteiger partial charge is 0.253 e. The molecular formula is C16H18N2O2S. The number of hydrogen-bond donors (Lipinski definition) is 2. The average molecular weight is 302 g/mol. The summed E-state index contributed by atoms with van der Waals surface area (Å²) < 4.78 is 0. The number of pyridine rings is 1. The largest absolute Gasteiger partial charge is 0.348 e. The summed E-state index contributed by atoms with van der Waals surface area (Å²) in [5.74, 6) is -0.206. The number of carbonyl (C=O) groups excluding carboxylic acids is 1. The van der Waals surface area contributed by atoms with Crippen LogP contribution in [0.4, 0.5) is 0 Å². The topological polar surface area (TPSA) is 62.0 Å². The molecule has 4 nitrogen and oxygen atoms in total. The molecule has 0 aliphatic carbocycles. The van der Waals surface area contributed by atoms with Crippen LogP contribution in [0.2, 0.25) is 0 Å². The van der Waals surface area contributed by atoms with Gasteiger partial charge in [-0.3, -0.25) is 9.59 Å². The van der Waals surface area contributed by atoms with Crippen molar-refractivity contribution in [2.75, 3.05) is 0 Å². The lowest BCUT2D eigenvalue weighted by atomic mass is 10.1. The maximum atomic E-state index is 11.8. The van der Waals surface area contributed by atoms with Gasteiger partial charge in [0, 0.05) is 28.8 Å². The molecule has 110 valence electrons. The second-order valence-corrected chi connectivity index (χ2v) is 5.91. The van der Waals surface area contributed by atoms with Crippen LogP contribution in [-0.2, 0) is 11.3 Å². The van der Waals surface area contributed by atoms with Gasteiger partial charge in [-0.25, -0.2) is 0 Å². The molecule has 0 aliphatic rings. The summed E-state index contributed by atoms with van der Waals surface area (Å²) in [5.41, 5.74) is 3.30. The number of carbonyl (C=O) groups is 1. The lowest BCUT2D eigenvalue weighted by Crippen LogP contribution is -2.26. The van der Waals surface area contributed by atoms with E-state index in [-0.39, 0.29) is 18.0 Å². The number of aromatic amines is 1. The molecule has 0 unspecified atom stereocenters. The highest BCUT2D eigenvalue weighted by Gasteiger charge is 2.06. The van der Waals surface area contributed by atoms with E-state index in [4.69, 9.17) is 0 Å². The molecule has 2 aromatic rings. The fraction of sp³-hybridized carbons (Fsp3) is 0.250. The number of amides is 1. The summed E-state index contributed by atoms with van der Waals surface area (Å²) in [5, 5.41) is 4.73. The van der Waals surface area contributed by atoms with Crippen molar-refractivity contribution in [3.8, 4) is 0 Å². The van der Waals surface area contributed by atoms with Gasteiger partial charge in [0.25, 0.3) is 5.56 Å². The van der Waals surface area contributed by atoms with Gasteiger partial charge in [-0.15, -0.1) is 11.3 Å². The van der Waals surface area contributed by atoms with E-state index in [1.54, 1.807) is 17.4 Å². The first-order chi connectivity index (χ1) is 9.97. The Hall–Kier alpha value is -2.14. The standard InChI is InChI=1S/C16H18N2O2S/c1-10-6-7-21-14(10)4-5-15(19)17-9-13-11(2)8-12(3)18-16(13)20/h4-8H,9H2,1-3H3,(H,17,19)(H,18,20)/b5-4+. The molecule has 0 spiro atoms. The molecule has 2 rings (SSSR count). The predicted molar refractivity (Wildman–Crippen MR) is 86.5 cm³/mol. The molecule has 5 heteroatoms. The summed E-state index contributed by atoms with van der Waals surface area (Å²) in [7, 11) is 0. The van der Waals surface area contributed by atoms with Crippen molar-refractivity contribution in [1.29, 1.82) is 0 Å². The maximum absolute atomic E-state index is 11.8. The summed E-state index contributed by atoms with van der Waals surface area (Å²) in [6.45, 7) is 5.94. The van der Waals surface area contributed by atoms with Crippen LogP contribution in [0.5, 0.6) is 0 Å². The van der Waals surface area contributed by atoms with Crippen LogP contribution >= 0.6 is 11.3 Å². The van der Waals surface area contributed by atoms with Gasteiger partial charge in [-0.2, -0.15) is 0 Å². The fourth-order valence-electron chi connectivity index (χ4n) is 2.04. The maximum Gasteiger partial charge on any atom is 0.253 e. The molecule has 0 saturated carbocycles. The summed E-state index contributed by atoms with van der Waals surface area (Å²) >= 11 is 1.59. The van der Waals surface area contributed by atoms with Gasteiger partial charge in [0.15, 0.2) is 0 Å². The van der Waals surface area contributed by atoms with Crippen LogP contribution in [0.1, 0.15) is 27.3 Å². The molecular weight excluding hydrogens is 284 g/mol. The molecule has 2 N–H and O–H groups in total. The van der Waals surface area contributed by atoms with Crippen LogP contribution in [0.3, 0.4) is 0 Å². The molecule has 0 aromatic carbocycles. The normalized spacial score (nSPS) is 11.0. The Morgan fingerprint density at radius 3 is 2.71 bits per heavy atom. The van der Waals surface area contributed by atoms with Crippen molar-refractivity contribution in [3.05, 3.63) is 61.2 Å². The zero-order valence-electron chi connectivity index (χ0n) is 12.3. The number of rotatable bonds is 4. The van der Waals surface area contributed by atoms with E-state index >= 15 is 0 Å². The average Bonchev–Trinajstić information content (AvgIpc) is 2.80. The van der Waals surface area contributed by atoms with E-state index in [1.165, 1.54) is 6.08 Å². The fourth-order valence-corrected chi connectivity index (χ4v) is 2.86. The lowest BCUT2D eigenvalue weighted by Gasteiger charge is -2.06. The SMILES string of the molecule is Cc1cc(C)c(CNC(=O)/C=C/c2sccc2C)c(=O)[nH]1. The van der Waals surface area contributed by atoms with E-state index in [2.05, 4.69) is 10.3 Å². The minimum absolute atomic E-state index is 0.147. The van der Waals surface area contributed by atoms with Gasteiger partial charge in [0.1, 0.15) is 0 Å². The zero-order chi connectivity index (χ0) is 15.4. The molecule has 1 amide bonds. The molecule has 0 bridgehead atoms. The molecule has 0 fully saturated rings. The number of aromatic nitrogens is 1. The van der Waals surface area contributed by atoms with E-state index in [0.717, 1.165) is 21.7 Å². The summed E-state index contributed by atoms with van der Waals surface area (Å²) in [6, 6.07) is 3.91. The van der Waals surface area contributed by atoms with E-state index in [1.807, 2.05) is 38.3 Å². The number of thiophene rings is 1. The van der Waals surface area contributed by atoms with Gasteiger partial charge >= 0.3 is 0 Å². The third kappa shape index (κ3) is 3.92. The molecule has 0 saturated heterocycles. The predicted octanol–water partition coefficient (Wildman–Crippen LogP) is 2.69. The van der Waals surface area contributed by atoms with Crippen molar-refractivity contribution in [2.45, 2.75) is 27.3 Å². The van der Waals surface area contributed by atoms with Crippen LogP contribution in [0, 0.1) is 20.8 Å². The highest BCUT2D eigenvalue weighted by molar-refractivity contribution is 7.11. The van der Waals surface area contributed by atoms with Gasteiger partial charge in [-0.1, -0.05) is 0 Å². The Balaban J connectivity index is 2.01. The summed E-state index contributed by atoms with van der Waals surface area (Å²) in [4.78, 5) is 27.5. The molecule has 0 radical (unpaired) electrons. The minimum Gasteiger partial charge on any atom is -0.348 e. The Morgan fingerprint density at radius 1 is 1.33 bits per heavy atom. The van der Waals surface area contributed by atoms with Crippen molar-refractivity contribution in [2.24, 2.45) is 0 Å². The number of aryl methyl sites for hydroxylation is 3. The van der Waals surface area contributed by atoms with Crippen LogP contribution < -0.4 is 10.9 Å². The Labute approximate surface area is 127 Å². The Kier molecular flexibility index (Phi) is 4.75. The molecule has 2 aromatic heterocycles. The monoisotopic (exact) mass is 302 g/mol. The second-order valence-electron chi connectivity index (χ2n) is 4.96. The Bertz CT molecular complexity index is 741. The Morgan fingerprint density at radius 2 is 2.10 bits per heavy atom. The van der Waals surface area contributed by atoms with Crippen molar-refractivity contribution >= 4 is 23.3 Å². The lowest BCUT2D eigenvalue weighted by molar-refractivity contribution is -0.116. The molecule has 0 atom stereocenters. The van der Waals surface area contributed by atoms with Crippen LogP contribution in [0.25, 0.3) is 6.08 Å². The first-order valence-corrected chi connectivity index (χ1v) is 7.54. The first kappa shape index (κ1) is 15.3. The minimum atomic E-state index is -0.206. The van der Waals surface area contributed by atoms with Crippen LogP contribution in [0.15, 0.2) is 28.4 Å². The van der Waals surface area contributed by atoms with E-state index < -0.39 is 0 Å². The van der Waals surface area contributed by atoms with Crippen molar-refractivity contribution < 1.29 is 4.79 Å². The van der Waals surface area contributed by atoms with Gasteiger partial charge in [0.05, 0.1) is 0 Å². The van der Waals surface area contributed by atoms with E-state index in [9.17, 15) is 9.59 Å². The highest BCUT2D eigenvalue weighted by Crippen LogP contribution is 2.16. The quantitative estimate of drug-likeness (QED) is 0.853. The number of hydrogen-bond acceptors (Lipinski definition) is 3. The van der Waals surface area contributed by atoms with Gasteiger partial charge < -0.3 is 10.3 Å². The van der Waals surface area contributed by atoms with Crippen LogP contribution in [-0.4, -0.2) is 10.9 Å². The van der Waals surface area contributed by atoms with Crippen molar-refractivity contribution in [3.63, 3.8) is 0 Å². The highest BCUT2D eigenvalue weighted by atomic mass is 32.1. The number of H-pyrrole nitrogens is 1. The zero-order valence-corrected chi connectivity index (χ0v) is 13.1. The molecule has 2 heterocycles. The third-order valence-corrected chi connectivity index (χ3v) is 4.21. The summed E-state index contributed by atoms with van der Waals surface area (Å²) in [6.07, 6.45) is 3.29. The first-order valence-electron chi connectivity index (χ1n) is 6.67. The van der Waals surface area contributed by atoms with E-state index in [0.29, 0.717) is 5.56 Å². The number of nitrogens with one attached hydrogen (secondary N) is 2. The molecule has 21 heavy (non-hydrogen) atoms.